The van der Waals surface area contributed by atoms with Gasteiger partial charge >= 0.3 is 0 Å². The first-order valence-corrected chi connectivity index (χ1v) is 6.92. The fourth-order valence-electron chi connectivity index (χ4n) is 1.68. The van der Waals surface area contributed by atoms with Crippen molar-refractivity contribution in [1.29, 1.82) is 0 Å². The van der Waals surface area contributed by atoms with Crippen molar-refractivity contribution in [2.24, 2.45) is 11.7 Å². The highest BCUT2D eigenvalue weighted by Crippen LogP contribution is 2.16. The Morgan fingerprint density at radius 3 is 2.39 bits per heavy atom. The topological polar surface area (TPSA) is 55.1 Å². The number of carbonyl (C=O) groups is 1. The Hall–Kier alpha value is -0.870. The Kier molecular flexibility index (Phi) is 5.35. The van der Waals surface area contributed by atoms with Crippen molar-refractivity contribution in [3.05, 3.63) is 34.3 Å². The van der Waals surface area contributed by atoms with Gasteiger partial charge in [-0.15, -0.1) is 0 Å². The minimum Gasteiger partial charge on any atom is -0.368 e. The average Bonchev–Trinajstić information content (AvgIpc) is 2.29. The highest BCUT2D eigenvalue weighted by molar-refractivity contribution is 9.10. The molecule has 0 radical (unpaired) electrons. The summed E-state index contributed by atoms with van der Waals surface area (Å²) in [6.07, 6.45) is 0.600. The standard InChI is InChI=1S/C14H21BrN2O/c1-10(2)9-17-14(3,13(16)18)8-11-4-6-12(15)7-5-11/h4-7,10,17H,8-9H2,1-3H3,(H2,16,18). The predicted molar refractivity (Wildman–Crippen MR) is 78.3 cm³/mol. The van der Waals surface area contributed by atoms with Crippen LogP contribution in [0.5, 0.6) is 0 Å². The van der Waals surface area contributed by atoms with Gasteiger partial charge in [-0.3, -0.25) is 4.79 Å². The summed E-state index contributed by atoms with van der Waals surface area (Å²) in [6.45, 7) is 6.85. The van der Waals surface area contributed by atoms with E-state index in [2.05, 4.69) is 35.1 Å². The minimum absolute atomic E-state index is 0.314. The molecular weight excluding hydrogens is 292 g/mol. The second-order valence-electron chi connectivity index (χ2n) is 5.27. The van der Waals surface area contributed by atoms with Crippen molar-refractivity contribution in [1.82, 2.24) is 5.32 Å². The number of amides is 1. The summed E-state index contributed by atoms with van der Waals surface area (Å²) < 4.78 is 1.03. The summed E-state index contributed by atoms with van der Waals surface area (Å²) in [4.78, 5) is 11.7. The van der Waals surface area contributed by atoms with Gasteiger partial charge in [-0.05, 0) is 43.5 Å². The van der Waals surface area contributed by atoms with Crippen molar-refractivity contribution >= 4 is 21.8 Å². The third-order valence-corrected chi connectivity index (χ3v) is 3.44. The van der Waals surface area contributed by atoms with Crippen LogP contribution in [0.4, 0.5) is 0 Å². The molecule has 1 amide bonds. The molecule has 1 rings (SSSR count). The summed E-state index contributed by atoms with van der Waals surface area (Å²) in [6, 6.07) is 7.95. The lowest BCUT2D eigenvalue weighted by atomic mass is 9.91. The molecule has 0 fully saturated rings. The van der Waals surface area contributed by atoms with Gasteiger partial charge in [0.1, 0.15) is 0 Å². The Bertz CT molecular complexity index is 403. The van der Waals surface area contributed by atoms with E-state index in [0.717, 1.165) is 16.6 Å². The highest BCUT2D eigenvalue weighted by atomic mass is 79.9. The van der Waals surface area contributed by atoms with E-state index in [1.165, 1.54) is 0 Å². The van der Waals surface area contributed by atoms with E-state index in [0.29, 0.717) is 12.3 Å². The van der Waals surface area contributed by atoms with Gasteiger partial charge < -0.3 is 11.1 Å². The molecule has 1 atom stereocenters. The zero-order valence-corrected chi connectivity index (χ0v) is 12.8. The van der Waals surface area contributed by atoms with E-state index < -0.39 is 5.54 Å². The van der Waals surface area contributed by atoms with Crippen LogP contribution in [-0.4, -0.2) is 18.0 Å². The number of halogens is 1. The molecule has 18 heavy (non-hydrogen) atoms. The Morgan fingerprint density at radius 2 is 1.94 bits per heavy atom. The fraction of sp³-hybridized carbons (Fsp3) is 0.500. The van der Waals surface area contributed by atoms with Crippen LogP contribution >= 0.6 is 15.9 Å². The van der Waals surface area contributed by atoms with Gasteiger partial charge in [-0.1, -0.05) is 41.9 Å². The van der Waals surface area contributed by atoms with E-state index in [1.54, 1.807) is 0 Å². The summed E-state index contributed by atoms with van der Waals surface area (Å²) >= 11 is 3.40. The molecule has 0 aliphatic carbocycles. The molecule has 1 aromatic carbocycles. The van der Waals surface area contributed by atoms with Crippen molar-refractivity contribution in [3.8, 4) is 0 Å². The number of primary amides is 1. The van der Waals surface area contributed by atoms with E-state index >= 15 is 0 Å². The molecular formula is C14H21BrN2O. The number of rotatable bonds is 6. The first-order valence-electron chi connectivity index (χ1n) is 6.13. The maximum absolute atomic E-state index is 11.7. The molecule has 3 N–H and O–H groups in total. The summed E-state index contributed by atoms with van der Waals surface area (Å²) in [5, 5.41) is 3.27. The average molecular weight is 313 g/mol. The molecule has 0 aromatic heterocycles. The smallest absolute Gasteiger partial charge is 0.237 e. The van der Waals surface area contributed by atoms with Gasteiger partial charge in [0, 0.05) is 4.47 Å². The SMILES string of the molecule is CC(C)CNC(C)(Cc1ccc(Br)cc1)C(N)=O. The number of hydrogen-bond acceptors (Lipinski definition) is 2. The van der Waals surface area contributed by atoms with Crippen LogP contribution < -0.4 is 11.1 Å². The second-order valence-corrected chi connectivity index (χ2v) is 6.19. The molecule has 4 heteroatoms. The molecule has 0 saturated heterocycles. The zero-order valence-electron chi connectivity index (χ0n) is 11.2. The monoisotopic (exact) mass is 312 g/mol. The van der Waals surface area contributed by atoms with Crippen LogP contribution in [0.25, 0.3) is 0 Å². The molecule has 100 valence electrons. The molecule has 1 unspecified atom stereocenters. The van der Waals surface area contributed by atoms with Gasteiger partial charge in [0.25, 0.3) is 0 Å². The third-order valence-electron chi connectivity index (χ3n) is 2.92. The van der Waals surface area contributed by atoms with Crippen molar-refractivity contribution < 1.29 is 4.79 Å². The number of nitrogens with one attached hydrogen (secondary N) is 1. The number of benzene rings is 1. The van der Waals surface area contributed by atoms with Crippen molar-refractivity contribution in [3.63, 3.8) is 0 Å². The molecule has 0 aliphatic heterocycles. The van der Waals surface area contributed by atoms with E-state index in [4.69, 9.17) is 5.73 Å². The lowest BCUT2D eigenvalue weighted by Gasteiger charge is -2.28. The first kappa shape index (κ1) is 15.2. The maximum atomic E-state index is 11.7. The van der Waals surface area contributed by atoms with Gasteiger partial charge in [-0.2, -0.15) is 0 Å². The van der Waals surface area contributed by atoms with Crippen LogP contribution in [-0.2, 0) is 11.2 Å². The van der Waals surface area contributed by atoms with Crippen LogP contribution in [0.2, 0.25) is 0 Å². The van der Waals surface area contributed by atoms with Crippen LogP contribution in [0.3, 0.4) is 0 Å². The molecule has 0 bridgehead atoms. The van der Waals surface area contributed by atoms with E-state index in [-0.39, 0.29) is 5.91 Å². The van der Waals surface area contributed by atoms with Crippen LogP contribution in [0.15, 0.2) is 28.7 Å². The lowest BCUT2D eigenvalue weighted by molar-refractivity contribution is -0.123. The minimum atomic E-state index is -0.696. The fourth-order valence-corrected chi connectivity index (χ4v) is 1.94. The first-order chi connectivity index (χ1) is 8.33. The summed E-state index contributed by atoms with van der Waals surface area (Å²) in [5.41, 5.74) is 5.92. The molecule has 3 nitrogen and oxygen atoms in total. The Balaban J connectivity index is 2.79. The molecule has 1 aromatic rings. The van der Waals surface area contributed by atoms with Crippen molar-refractivity contribution in [2.45, 2.75) is 32.7 Å². The number of hydrogen-bond donors (Lipinski definition) is 2. The maximum Gasteiger partial charge on any atom is 0.237 e. The second kappa shape index (κ2) is 6.34. The predicted octanol–water partition coefficient (Wildman–Crippen LogP) is 2.48. The number of nitrogens with two attached hydrogens (primary N) is 1. The summed E-state index contributed by atoms with van der Waals surface area (Å²) in [5.74, 6) is 0.166. The molecule has 0 heterocycles. The van der Waals surface area contributed by atoms with Crippen molar-refractivity contribution in [2.75, 3.05) is 6.54 Å². The molecule has 0 aliphatic rings. The Morgan fingerprint density at radius 1 is 1.39 bits per heavy atom. The lowest BCUT2D eigenvalue weighted by Crippen LogP contribution is -2.55. The van der Waals surface area contributed by atoms with Gasteiger partial charge in [0.2, 0.25) is 5.91 Å². The van der Waals surface area contributed by atoms with Crippen LogP contribution in [0, 0.1) is 5.92 Å². The van der Waals surface area contributed by atoms with Gasteiger partial charge in [0.05, 0.1) is 5.54 Å². The molecule has 0 spiro atoms. The van der Waals surface area contributed by atoms with E-state index in [9.17, 15) is 4.79 Å². The van der Waals surface area contributed by atoms with Gasteiger partial charge in [-0.25, -0.2) is 0 Å². The van der Waals surface area contributed by atoms with Crippen LogP contribution in [0.1, 0.15) is 26.3 Å². The quantitative estimate of drug-likeness (QED) is 0.848. The normalized spacial score (nSPS) is 14.5. The largest absolute Gasteiger partial charge is 0.368 e. The highest BCUT2D eigenvalue weighted by Gasteiger charge is 2.30. The summed E-state index contributed by atoms with van der Waals surface area (Å²) in [7, 11) is 0. The van der Waals surface area contributed by atoms with E-state index in [1.807, 2.05) is 31.2 Å². The zero-order chi connectivity index (χ0) is 13.8. The molecule has 0 saturated carbocycles. The Labute approximate surface area is 117 Å². The number of carbonyl (C=O) groups excluding carboxylic acids is 1. The third kappa shape index (κ3) is 4.42. The van der Waals surface area contributed by atoms with Gasteiger partial charge in [0.15, 0.2) is 0 Å².